The predicted molar refractivity (Wildman–Crippen MR) is 87.0 cm³/mol. The number of benzene rings is 1. The van der Waals surface area contributed by atoms with Crippen LogP contribution in [0.25, 0.3) is 0 Å². The lowest BCUT2D eigenvalue weighted by molar-refractivity contribution is -0.150. The van der Waals surface area contributed by atoms with E-state index < -0.39 is 5.25 Å². The molecule has 0 bridgehead atoms. The van der Waals surface area contributed by atoms with E-state index in [1.165, 1.54) is 17.3 Å². The summed E-state index contributed by atoms with van der Waals surface area (Å²) in [4.78, 5) is 26.0. The Morgan fingerprint density at radius 1 is 1.41 bits per heavy atom. The lowest BCUT2D eigenvalue weighted by atomic mass is 10.2. The molecule has 1 heterocycles. The van der Waals surface area contributed by atoms with Gasteiger partial charge in [0, 0.05) is 11.4 Å². The maximum atomic E-state index is 12.6. The first kappa shape index (κ1) is 16.6. The highest BCUT2D eigenvalue weighted by Crippen LogP contribution is 2.39. The van der Waals surface area contributed by atoms with Gasteiger partial charge in [-0.15, -0.1) is 11.8 Å². The number of carbonyl (C=O) groups excluding carboxylic acids is 2. The molecule has 5 nitrogen and oxygen atoms in total. The van der Waals surface area contributed by atoms with Gasteiger partial charge in [-0.3, -0.25) is 14.8 Å². The van der Waals surface area contributed by atoms with Crippen LogP contribution in [0, 0.1) is 0 Å². The quantitative estimate of drug-likeness (QED) is 0.379. The fraction of sp³-hybridized carbons (Fsp3) is 0.375. The summed E-state index contributed by atoms with van der Waals surface area (Å²) in [7, 11) is 0. The van der Waals surface area contributed by atoms with Gasteiger partial charge in [-0.2, -0.15) is 0 Å². The second-order valence-corrected chi connectivity index (χ2v) is 6.61. The minimum atomic E-state index is -0.489. The first-order valence-corrected chi connectivity index (χ1v) is 8.02. The second-order valence-electron chi connectivity index (χ2n) is 5.36. The molecular weight excluding hydrogens is 300 g/mol. The Bertz CT molecular complexity index is 585. The Balaban J connectivity index is 2.22. The molecule has 0 fully saturated rings. The molecule has 0 aromatic heterocycles. The molecule has 22 heavy (non-hydrogen) atoms. The van der Waals surface area contributed by atoms with E-state index in [1.807, 2.05) is 38.1 Å². The number of allylic oxidation sites excluding steroid dienone is 1. The van der Waals surface area contributed by atoms with Gasteiger partial charge >= 0.3 is 0 Å². The first-order valence-electron chi connectivity index (χ1n) is 7.14. The van der Waals surface area contributed by atoms with Crippen molar-refractivity contribution in [3.8, 4) is 0 Å². The molecule has 1 unspecified atom stereocenters. The summed E-state index contributed by atoms with van der Waals surface area (Å²) in [5, 5.41) is 9.42. The van der Waals surface area contributed by atoms with Crippen molar-refractivity contribution in [2.45, 2.75) is 30.4 Å². The third-order valence-corrected chi connectivity index (χ3v) is 4.58. The molecule has 0 radical (unpaired) electrons. The van der Waals surface area contributed by atoms with E-state index >= 15 is 0 Å². The lowest BCUT2D eigenvalue weighted by Crippen LogP contribution is -2.45. The molecule has 1 aliphatic rings. The second kappa shape index (κ2) is 7.47. The molecule has 0 saturated heterocycles. The number of thioether (sulfide) groups is 1. The van der Waals surface area contributed by atoms with Crippen LogP contribution < -0.4 is 4.90 Å². The number of fused-ring (bicyclic) bond motifs is 1. The summed E-state index contributed by atoms with van der Waals surface area (Å²) >= 11 is 1.39. The van der Waals surface area contributed by atoms with Gasteiger partial charge in [-0.25, -0.2) is 5.06 Å². The molecule has 2 amide bonds. The normalized spacial score (nSPS) is 17.0. The number of anilines is 1. The summed E-state index contributed by atoms with van der Waals surface area (Å²) in [6, 6.07) is 7.71. The van der Waals surface area contributed by atoms with E-state index in [2.05, 4.69) is 6.08 Å². The van der Waals surface area contributed by atoms with Crippen LogP contribution >= 0.6 is 11.8 Å². The molecule has 1 atom stereocenters. The number of rotatable bonds is 6. The highest BCUT2D eigenvalue weighted by atomic mass is 32.2. The van der Waals surface area contributed by atoms with E-state index in [-0.39, 0.29) is 12.5 Å². The summed E-state index contributed by atoms with van der Waals surface area (Å²) < 4.78 is 0. The molecule has 1 aromatic rings. The van der Waals surface area contributed by atoms with Crippen LogP contribution in [0.3, 0.4) is 0 Å². The monoisotopic (exact) mass is 320 g/mol. The van der Waals surface area contributed by atoms with Crippen molar-refractivity contribution in [2.75, 3.05) is 18.0 Å². The van der Waals surface area contributed by atoms with Crippen LogP contribution in [-0.4, -0.2) is 40.9 Å². The fourth-order valence-corrected chi connectivity index (χ4v) is 3.54. The van der Waals surface area contributed by atoms with Gasteiger partial charge in [0.25, 0.3) is 0 Å². The van der Waals surface area contributed by atoms with Gasteiger partial charge in [0.05, 0.1) is 12.2 Å². The molecule has 2 rings (SSSR count). The Kier molecular flexibility index (Phi) is 5.63. The number of hydroxylamine groups is 2. The van der Waals surface area contributed by atoms with Gasteiger partial charge in [-0.1, -0.05) is 23.8 Å². The Morgan fingerprint density at radius 3 is 2.82 bits per heavy atom. The van der Waals surface area contributed by atoms with Crippen LogP contribution in [0.15, 0.2) is 40.8 Å². The van der Waals surface area contributed by atoms with Crippen molar-refractivity contribution in [3.05, 3.63) is 35.9 Å². The predicted octanol–water partition coefficient (Wildman–Crippen LogP) is 2.70. The topological polar surface area (TPSA) is 60.9 Å². The molecule has 0 saturated carbocycles. The molecular formula is C16H20N2O3S. The molecule has 6 heteroatoms. The minimum absolute atomic E-state index is 0.0134. The number of carbonyl (C=O) groups is 2. The van der Waals surface area contributed by atoms with Gasteiger partial charge < -0.3 is 4.90 Å². The number of hydrogen-bond acceptors (Lipinski definition) is 4. The molecule has 1 aliphatic heterocycles. The minimum Gasteiger partial charge on any atom is -0.310 e. The zero-order valence-electron chi connectivity index (χ0n) is 12.7. The van der Waals surface area contributed by atoms with E-state index in [4.69, 9.17) is 0 Å². The highest BCUT2D eigenvalue weighted by molar-refractivity contribution is 8.01. The molecule has 1 aromatic carbocycles. The Morgan fingerprint density at radius 2 is 2.14 bits per heavy atom. The molecule has 1 N–H and O–H groups in total. The van der Waals surface area contributed by atoms with Gasteiger partial charge in [0.1, 0.15) is 5.25 Å². The highest BCUT2D eigenvalue weighted by Gasteiger charge is 2.33. The van der Waals surface area contributed by atoms with E-state index in [0.717, 1.165) is 17.0 Å². The standard InChI is InChI=1S/C16H20N2O3S/c1-12(2)6-5-9-18-13-7-3-4-8-14(13)22-15(16(18)20)10-17(21)11-19/h3-4,6-8,11,15,21H,5,9-10H2,1-2H3. The summed E-state index contributed by atoms with van der Waals surface area (Å²) in [6.45, 7) is 4.63. The number of amides is 2. The van der Waals surface area contributed by atoms with Crippen LogP contribution in [0.5, 0.6) is 0 Å². The average Bonchev–Trinajstić information content (AvgIpc) is 2.50. The average molecular weight is 320 g/mol. The SMILES string of the molecule is CC(C)=CCCN1C(=O)C(CN(O)C=O)Sc2ccccc21. The number of para-hydroxylation sites is 1. The largest absolute Gasteiger partial charge is 0.310 e. The van der Waals surface area contributed by atoms with Crippen LogP contribution in [0.4, 0.5) is 5.69 Å². The Labute approximate surface area is 134 Å². The van der Waals surface area contributed by atoms with E-state index in [0.29, 0.717) is 18.0 Å². The third kappa shape index (κ3) is 3.90. The smallest absolute Gasteiger partial charge is 0.242 e. The summed E-state index contributed by atoms with van der Waals surface area (Å²) in [5.41, 5.74) is 2.11. The summed E-state index contributed by atoms with van der Waals surface area (Å²) in [5.74, 6) is -0.0771. The van der Waals surface area contributed by atoms with Crippen molar-refractivity contribution >= 4 is 29.8 Å². The number of hydrogen-bond donors (Lipinski definition) is 1. The maximum Gasteiger partial charge on any atom is 0.242 e. The molecule has 118 valence electrons. The van der Waals surface area contributed by atoms with Gasteiger partial charge in [0.2, 0.25) is 12.3 Å². The van der Waals surface area contributed by atoms with Crippen LogP contribution in [0.1, 0.15) is 20.3 Å². The van der Waals surface area contributed by atoms with Crippen molar-refractivity contribution in [3.63, 3.8) is 0 Å². The van der Waals surface area contributed by atoms with Gasteiger partial charge in [-0.05, 0) is 32.4 Å². The number of nitrogens with zero attached hydrogens (tertiary/aromatic N) is 2. The Hall–Kier alpha value is -1.79. The van der Waals surface area contributed by atoms with Gasteiger partial charge in [0.15, 0.2) is 0 Å². The fourth-order valence-electron chi connectivity index (χ4n) is 2.32. The zero-order valence-corrected chi connectivity index (χ0v) is 13.5. The van der Waals surface area contributed by atoms with E-state index in [9.17, 15) is 14.8 Å². The third-order valence-electron chi connectivity index (χ3n) is 3.35. The van der Waals surface area contributed by atoms with Crippen molar-refractivity contribution < 1.29 is 14.8 Å². The maximum absolute atomic E-state index is 12.6. The zero-order chi connectivity index (χ0) is 16.1. The lowest BCUT2D eigenvalue weighted by Gasteiger charge is -2.34. The van der Waals surface area contributed by atoms with Crippen LogP contribution in [0.2, 0.25) is 0 Å². The van der Waals surface area contributed by atoms with E-state index in [1.54, 1.807) is 4.90 Å². The first-order chi connectivity index (χ1) is 10.5. The van der Waals surface area contributed by atoms with Crippen molar-refractivity contribution in [1.82, 2.24) is 5.06 Å². The summed E-state index contributed by atoms with van der Waals surface area (Å²) in [6.07, 6.45) is 3.19. The van der Waals surface area contributed by atoms with Crippen molar-refractivity contribution in [1.29, 1.82) is 0 Å². The van der Waals surface area contributed by atoms with Crippen LogP contribution in [-0.2, 0) is 9.59 Å². The molecule has 0 spiro atoms. The molecule has 0 aliphatic carbocycles. The van der Waals surface area contributed by atoms with Crippen molar-refractivity contribution in [2.24, 2.45) is 0 Å².